The highest BCUT2D eigenvalue weighted by Gasteiger charge is 2.34. The molecular formula is C22H22N6O3. The van der Waals surface area contributed by atoms with E-state index >= 15 is 0 Å². The quantitative estimate of drug-likeness (QED) is 0.315. The van der Waals surface area contributed by atoms with Gasteiger partial charge in [-0.2, -0.15) is 4.80 Å². The lowest BCUT2D eigenvalue weighted by Gasteiger charge is -2.11. The molecule has 0 unspecified atom stereocenters. The molecule has 31 heavy (non-hydrogen) atoms. The van der Waals surface area contributed by atoms with Gasteiger partial charge >= 0.3 is 0 Å². The minimum absolute atomic E-state index is 0.0433. The van der Waals surface area contributed by atoms with Gasteiger partial charge < -0.3 is 4.57 Å². The van der Waals surface area contributed by atoms with Crippen LogP contribution in [0.15, 0.2) is 43.0 Å². The molecule has 0 spiro atoms. The SMILES string of the molecule is C=CCn1c(C)cc(C(=O)Cn2nnc(CCN3C(=O)c4ccccc4C3=O)n2)c1C. The van der Waals surface area contributed by atoms with Crippen LogP contribution in [0.3, 0.4) is 0 Å². The summed E-state index contributed by atoms with van der Waals surface area (Å²) in [7, 11) is 0. The molecule has 3 aromatic rings. The molecule has 0 saturated carbocycles. The van der Waals surface area contributed by atoms with Crippen molar-refractivity contribution in [3.8, 4) is 0 Å². The van der Waals surface area contributed by atoms with Crippen LogP contribution in [0.25, 0.3) is 0 Å². The van der Waals surface area contributed by atoms with E-state index in [1.807, 2.05) is 24.5 Å². The van der Waals surface area contributed by atoms with Crippen LogP contribution in [-0.4, -0.2) is 53.8 Å². The number of allylic oxidation sites excluding steroid dienone is 1. The highest BCUT2D eigenvalue weighted by molar-refractivity contribution is 6.21. The Labute approximate surface area is 179 Å². The molecule has 0 saturated heterocycles. The number of tetrazole rings is 1. The van der Waals surface area contributed by atoms with Gasteiger partial charge in [-0.05, 0) is 37.3 Å². The number of carbonyl (C=O) groups excluding carboxylic acids is 3. The molecule has 1 aromatic carbocycles. The fourth-order valence-corrected chi connectivity index (χ4v) is 3.80. The highest BCUT2D eigenvalue weighted by atomic mass is 16.2. The first-order valence-corrected chi connectivity index (χ1v) is 9.93. The Morgan fingerprint density at radius 3 is 2.45 bits per heavy atom. The van der Waals surface area contributed by atoms with Gasteiger partial charge in [-0.3, -0.25) is 19.3 Å². The number of nitrogens with zero attached hydrogens (tertiary/aromatic N) is 6. The van der Waals surface area contributed by atoms with Crippen molar-refractivity contribution >= 4 is 17.6 Å². The third kappa shape index (κ3) is 3.70. The number of aryl methyl sites for hydroxylation is 1. The number of carbonyl (C=O) groups is 3. The number of imide groups is 1. The van der Waals surface area contributed by atoms with Crippen molar-refractivity contribution in [3.05, 3.63) is 76.9 Å². The second-order valence-electron chi connectivity index (χ2n) is 7.40. The van der Waals surface area contributed by atoms with Crippen molar-refractivity contribution in [3.63, 3.8) is 0 Å². The van der Waals surface area contributed by atoms with Gasteiger partial charge in [0, 0.05) is 36.5 Å². The molecule has 9 nitrogen and oxygen atoms in total. The molecule has 0 N–H and O–H groups in total. The van der Waals surface area contributed by atoms with Crippen molar-refractivity contribution in [2.75, 3.05) is 6.54 Å². The first-order valence-electron chi connectivity index (χ1n) is 9.93. The summed E-state index contributed by atoms with van der Waals surface area (Å²) >= 11 is 0. The van der Waals surface area contributed by atoms with Crippen molar-refractivity contribution in [2.45, 2.75) is 33.4 Å². The fourth-order valence-electron chi connectivity index (χ4n) is 3.80. The smallest absolute Gasteiger partial charge is 0.261 e. The maximum atomic E-state index is 12.7. The summed E-state index contributed by atoms with van der Waals surface area (Å²) in [5.74, 6) is -0.398. The van der Waals surface area contributed by atoms with Gasteiger partial charge in [0.1, 0.15) is 6.54 Å². The van der Waals surface area contributed by atoms with E-state index in [0.717, 1.165) is 11.4 Å². The van der Waals surface area contributed by atoms with Gasteiger partial charge in [-0.25, -0.2) is 0 Å². The fraction of sp³-hybridized carbons (Fsp3) is 0.273. The van der Waals surface area contributed by atoms with Crippen LogP contribution in [-0.2, 0) is 19.5 Å². The molecular weight excluding hydrogens is 396 g/mol. The standard InChI is InChI=1S/C22H22N6O3/c1-4-10-26-14(2)12-18(15(26)3)19(29)13-28-24-20(23-25-28)9-11-27-21(30)16-7-5-6-8-17(16)22(27)31/h4-8,12H,1,9-11,13H2,2-3H3. The van der Waals surface area contributed by atoms with E-state index < -0.39 is 0 Å². The molecule has 3 heterocycles. The molecule has 1 aliphatic rings. The number of fused-ring (bicyclic) bond motifs is 1. The Hall–Kier alpha value is -3.88. The largest absolute Gasteiger partial charge is 0.345 e. The molecule has 2 amide bonds. The average Bonchev–Trinajstić information content (AvgIpc) is 3.39. The van der Waals surface area contributed by atoms with Gasteiger partial charge in [-0.15, -0.1) is 16.8 Å². The minimum atomic E-state index is -0.321. The van der Waals surface area contributed by atoms with E-state index in [4.69, 9.17) is 0 Å². The Balaban J connectivity index is 1.40. The molecule has 0 radical (unpaired) electrons. The van der Waals surface area contributed by atoms with Crippen LogP contribution >= 0.6 is 0 Å². The second-order valence-corrected chi connectivity index (χ2v) is 7.40. The lowest BCUT2D eigenvalue weighted by molar-refractivity contribution is 0.0655. The molecule has 0 fully saturated rings. The summed E-state index contributed by atoms with van der Waals surface area (Å²) in [6.45, 7) is 8.32. The van der Waals surface area contributed by atoms with Gasteiger partial charge in [-0.1, -0.05) is 18.2 Å². The van der Waals surface area contributed by atoms with Gasteiger partial charge in [0.15, 0.2) is 11.6 Å². The third-order valence-corrected chi connectivity index (χ3v) is 5.40. The predicted octanol–water partition coefficient (Wildman–Crippen LogP) is 2.00. The minimum Gasteiger partial charge on any atom is -0.345 e. The molecule has 1 aliphatic heterocycles. The van der Waals surface area contributed by atoms with Crippen LogP contribution in [0.2, 0.25) is 0 Å². The molecule has 4 rings (SSSR count). The van der Waals surface area contributed by atoms with Crippen molar-refractivity contribution in [2.24, 2.45) is 0 Å². The first kappa shape index (κ1) is 20.4. The van der Waals surface area contributed by atoms with Crippen molar-refractivity contribution in [1.29, 1.82) is 0 Å². The number of rotatable bonds is 8. The van der Waals surface area contributed by atoms with Crippen LogP contribution in [0, 0.1) is 13.8 Å². The molecule has 0 atom stereocenters. The van der Waals surface area contributed by atoms with E-state index in [9.17, 15) is 14.4 Å². The summed E-state index contributed by atoms with van der Waals surface area (Å²) in [5.41, 5.74) is 3.28. The maximum Gasteiger partial charge on any atom is 0.261 e. The normalized spacial score (nSPS) is 13.0. The van der Waals surface area contributed by atoms with Crippen molar-refractivity contribution in [1.82, 2.24) is 29.7 Å². The Kier molecular flexibility index (Phi) is 5.33. The lowest BCUT2D eigenvalue weighted by Crippen LogP contribution is -2.32. The summed E-state index contributed by atoms with van der Waals surface area (Å²) < 4.78 is 2.02. The Morgan fingerprint density at radius 1 is 1.13 bits per heavy atom. The summed E-state index contributed by atoms with van der Waals surface area (Å²) in [6, 6.07) is 8.59. The summed E-state index contributed by atoms with van der Waals surface area (Å²) in [5, 5.41) is 12.1. The van der Waals surface area contributed by atoms with E-state index in [1.54, 1.807) is 30.3 Å². The number of hydrogen-bond donors (Lipinski definition) is 0. The zero-order valence-corrected chi connectivity index (χ0v) is 17.4. The average molecular weight is 418 g/mol. The number of Topliss-reactive ketones (excluding diaryl/α,β-unsaturated/α-hetero) is 1. The number of aromatic nitrogens is 5. The molecule has 0 aliphatic carbocycles. The van der Waals surface area contributed by atoms with Gasteiger partial charge in [0.25, 0.3) is 11.8 Å². The zero-order valence-electron chi connectivity index (χ0n) is 17.4. The number of amides is 2. The number of ketones is 1. The molecule has 9 heteroatoms. The zero-order chi connectivity index (χ0) is 22.1. The monoisotopic (exact) mass is 418 g/mol. The van der Waals surface area contributed by atoms with Crippen LogP contribution in [0.1, 0.15) is 48.3 Å². The van der Waals surface area contributed by atoms with Crippen LogP contribution in [0.4, 0.5) is 0 Å². The first-order chi connectivity index (χ1) is 14.9. The van der Waals surface area contributed by atoms with E-state index in [0.29, 0.717) is 29.1 Å². The third-order valence-electron chi connectivity index (χ3n) is 5.40. The number of benzene rings is 1. The number of hydrogen-bond acceptors (Lipinski definition) is 6. The molecule has 0 bridgehead atoms. The summed E-state index contributed by atoms with van der Waals surface area (Å²) in [6.07, 6.45) is 2.04. The maximum absolute atomic E-state index is 12.7. The summed E-state index contributed by atoms with van der Waals surface area (Å²) in [4.78, 5) is 40.0. The van der Waals surface area contributed by atoms with Crippen molar-refractivity contribution < 1.29 is 14.4 Å². The Bertz CT molecular complexity index is 1170. The predicted molar refractivity (Wildman–Crippen MR) is 112 cm³/mol. The Morgan fingerprint density at radius 2 is 1.81 bits per heavy atom. The van der Waals surface area contributed by atoms with Gasteiger partial charge in [0.05, 0.1) is 11.1 Å². The second kappa shape index (κ2) is 8.10. The highest BCUT2D eigenvalue weighted by Crippen LogP contribution is 2.22. The van der Waals surface area contributed by atoms with E-state index in [2.05, 4.69) is 22.0 Å². The van der Waals surface area contributed by atoms with E-state index in [1.165, 1.54) is 9.70 Å². The van der Waals surface area contributed by atoms with Crippen LogP contribution < -0.4 is 0 Å². The van der Waals surface area contributed by atoms with E-state index in [-0.39, 0.29) is 37.1 Å². The van der Waals surface area contributed by atoms with Gasteiger partial charge in [0.2, 0.25) is 0 Å². The molecule has 2 aromatic heterocycles. The van der Waals surface area contributed by atoms with Crippen LogP contribution in [0.5, 0.6) is 0 Å². The lowest BCUT2D eigenvalue weighted by atomic mass is 10.1. The topological polar surface area (TPSA) is 103 Å². The molecule has 158 valence electrons.